The second kappa shape index (κ2) is 8.87. The van der Waals surface area contributed by atoms with Crippen molar-refractivity contribution in [1.82, 2.24) is 5.32 Å². The first-order chi connectivity index (χ1) is 12.0. The highest BCUT2D eigenvalue weighted by Crippen LogP contribution is 2.18. The number of rotatable bonds is 6. The van der Waals surface area contributed by atoms with Crippen LogP contribution < -0.4 is 15.4 Å². The molecule has 5 heteroatoms. The van der Waals surface area contributed by atoms with E-state index in [1.807, 2.05) is 36.4 Å². The smallest absolute Gasteiger partial charge is 0.313 e. The Kier molecular flexibility index (Phi) is 6.57. The minimum Gasteiger partial charge on any atom is -0.496 e. The van der Waals surface area contributed by atoms with Crippen molar-refractivity contribution in [1.29, 1.82) is 0 Å². The predicted octanol–water partition coefficient (Wildman–Crippen LogP) is 3.12. The molecule has 0 bridgehead atoms. The van der Waals surface area contributed by atoms with Gasteiger partial charge in [0.25, 0.3) is 0 Å². The monoisotopic (exact) mass is 340 g/mol. The number of para-hydroxylation sites is 1. The molecule has 2 amide bonds. The fraction of sp³-hybridized carbons (Fsp3) is 0.300. The molecule has 0 atom stereocenters. The van der Waals surface area contributed by atoms with E-state index in [2.05, 4.69) is 24.5 Å². The number of anilines is 1. The van der Waals surface area contributed by atoms with Gasteiger partial charge in [0.2, 0.25) is 0 Å². The maximum absolute atomic E-state index is 11.9. The van der Waals surface area contributed by atoms with E-state index in [0.717, 1.165) is 11.3 Å². The second-order valence-electron chi connectivity index (χ2n) is 6.05. The Morgan fingerprint density at radius 3 is 2.32 bits per heavy atom. The zero-order valence-corrected chi connectivity index (χ0v) is 14.8. The number of hydrogen-bond donors (Lipinski definition) is 2. The number of hydrogen-bond acceptors (Lipinski definition) is 3. The van der Waals surface area contributed by atoms with Gasteiger partial charge in [-0.15, -0.1) is 0 Å². The van der Waals surface area contributed by atoms with Crippen molar-refractivity contribution < 1.29 is 14.3 Å². The van der Waals surface area contributed by atoms with Gasteiger partial charge >= 0.3 is 11.8 Å². The van der Waals surface area contributed by atoms with Crippen LogP contribution in [0.3, 0.4) is 0 Å². The van der Waals surface area contributed by atoms with Crippen LogP contribution in [0.15, 0.2) is 48.5 Å². The quantitative estimate of drug-likeness (QED) is 0.794. The normalized spacial score (nSPS) is 10.4. The zero-order chi connectivity index (χ0) is 18.2. The zero-order valence-electron chi connectivity index (χ0n) is 14.8. The van der Waals surface area contributed by atoms with Crippen LogP contribution in [0.4, 0.5) is 5.69 Å². The van der Waals surface area contributed by atoms with Gasteiger partial charge in [0.05, 0.1) is 7.11 Å². The summed E-state index contributed by atoms with van der Waals surface area (Å²) in [5.41, 5.74) is 2.77. The number of carbonyl (C=O) groups is 2. The molecule has 0 aliphatic rings. The van der Waals surface area contributed by atoms with Crippen molar-refractivity contribution in [3.8, 4) is 5.75 Å². The molecule has 0 unspecified atom stereocenters. The van der Waals surface area contributed by atoms with Gasteiger partial charge in [0, 0.05) is 12.2 Å². The lowest BCUT2D eigenvalue weighted by Gasteiger charge is -2.10. The number of benzene rings is 2. The van der Waals surface area contributed by atoms with Crippen molar-refractivity contribution >= 4 is 17.5 Å². The molecule has 25 heavy (non-hydrogen) atoms. The molecule has 5 nitrogen and oxygen atoms in total. The fourth-order valence-corrected chi connectivity index (χ4v) is 2.44. The average Bonchev–Trinajstić information content (AvgIpc) is 2.62. The topological polar surface area (TPSA) is 67.4 Å². The molecule has 0 aliphatic heterocycles. The first-order valence-electron chi connectivity index (χ1n) is 8.32. The van der Waals surface area contributed by atoms with Crippen LogP contribution in [-0.4, -0.2) is 25.5 Å². The molecular weight excluding hydrogens is 316 g/mol. The summed E-state index contributed by atoms with van der Waals surface area (Å²) in [6.07, 6.45) is 0.589. The van der Waals surface area contributed by atoms with Crippen LogP contribution >= 0.6 is 0 Å². The summed E-state index contributed by atoms with van der Waals surface area (Å²) in [6.45, 7) is 4.56. The molecule has 132 valence electrons. The van der Waals surface area contributed by atoms with Crippen molar-refractivity contribution in [2.75, 3.05) is 19.0 Å². The van der Waals surface area contributed by atoms with Crippen LogP contribution in [0.1, 0.15) is 30.9 Å². The average molecular weight is 340 g/mol. The van der Waals surface area contributed by atoms with E-state index in [1.54, 1.807) is 19.2 Å². The van der Waals surface area contributed by atoms with Crippen LogP contribution in [0, 0.1) is 0 Å². The summed E-state index contributed by atoms with van der Waals surface area (Å²) in [5.74, 6) is -0.130. The second-order valence-corrected chi connectivity index (χ2v) is 6.05. The lowest BCUT2D eigenvalue weighted by molar-refractivity contribution is -0.136. The van der Waals surface area contributed by atoms with Gasteiger partial charge in [-0.25, -0.2) is 0 Å². The summed E-state index contributed by atoms with van der Waals surface area (Å²) in [4.78, 5) is 23.9. The molecule has 0 heterocycles. The Morgan fingerprint density at radius 1 is 1.00 bits per heavy atom. The summed E-state index contributed by atoms with van der Waals surface area (Å²) in [6, 6.07) is 15.1. The summed E-state index contributed by atoms with van der Waals surface area (Å²) in [5, 5.41) is 5.23. The highest BCUT2D eigenvalue weighted by atomic mass is 16.5. The lowest BCUT2D eigenvalue weighted by Crippen LogP contribution is -2.36. The van der Waals surface area contributed by atoms with Gasteiger partial charge < -0.3 is 15.4 Å². The first kappa shape index (κ1) is 18.5. The number of methoxy groups -OCH3 is 1. The molecule has 0 fully saturated rings. The predicted molar refractivity (Wildman–Crippen MR) is 98.9 cm³/mol. The highest BCUT2D eigenvalue weighted by molar-refractivity contribution is 6.39. The minimum atomic E-state index is -0.669. The first-order valence-corrected chi connectivity index (χ1v) is 8.32. The third-order valence-corrected chi connectivity index (χ3v) is 3.91. The molecule has 2 aromatic rings. The highest BCUT2D eigenvalue weighted by Gasteiger charge is 2.13. The Balaban J connectivity index is 1.83. The Hall–Kier alpha value is -2.82. The van der Waals surface area contributed by atoms with Crippen LogP contribution in [0.5, 0.6) is 5.75 Å². The SMILES string of the molecule is COc1ccccc1CCNC(=O)C(=O)Nc1ccc(C(C)C)cc1. The van der Waals surface area contributed by atoms with Gasteiger partial charge in [-0.3, -0.25) is 9.59 Å². The van der Waals surface area contributed by atoms with E-state index in [0.29, 0.717) is 24.6 Å². The van der Waals surface area contributed by atoms with Crippen LogP contribution in [0.25, 0.3) is 0 Å². The Morgan fingerprint density at radius 2 is 1.68 bits per heavy atom. The van der Waals surface area contributed by atoms with Gasteiger partial charge in [-0.1, -0.05) is 44.2 Å². The van der Waals surface area contributed by atoms with Gasteiger partial charge in [-0.05, 0) is 41.7 Å². The third kappa shape index (κ3) is 5.35. The summed E-state index contributed by atoms with van der Waals surface area (Å²) >= 11 is 0. The molecule has 0 saturated carbocycles. The van der Waals surface area contributed by atoms with E-state index >= 15 is 0 Å². The lowest BCUT2D eigenvalue weighted by atomic mass is 10.0. The number of ether oxygens (including phenoxy) is 1. The molecule has 0 aromatic heterocycles. The standard InChI is InChI=1S/C20H24N2O3/c1-14(2)15-8-10-17(11-9-15)22-20(24)19(23)21-13-12-16-6-4-5-7-18(16)25-3/h4-11,14H,12-13H2,1-3H3,(H,21,23)(H,22,24). The Labute approximate surface area is 148 Å². The fourth-order valence-electron chi connectivity index (χ4n) is 2.44. The van der Waals surface area contributed by atoms with Crippen molar-refractivity contribution in [2.24, 2.45) is 0 Å². The van der Waals surface area contributed by atoms with Gasteiger partial charge in [-0.2, -0.15) is 0 Å². The summed E-state index contributed by atoms with van der Waals surface area (Å²) < 4.78 is 5.26. The maximum atomic E-state index is 11.9. The van der Waals surface area contributed by atoms with E-state index in [9.17, 15) is 9.59 Å². The molecule has 0 spiro atoms. The van der Waals surface area contributed by atoms with E-state index in [4.69, 9.17) is 4.74 Å². The third-order valence-electron chi connectivity index (χ3n) is 3.91. The molecule has 0 radical (unpaired) electrons. The van der Waals surface area contributed by atoms with Crippen molar-refractivity contribution in [3.63, 3.8) is 0 Å². The van der Waals surface area contributed by atoms with Crippen LogP contribution in [-0.2, 0) is 16.0 Å². The Bertz CT molecular complexity index is 724. The maximum Gasteiger partial charge on any atom is 0.313 e. The van der Waals surface area contributed by atoms with E-state index in [1.165, 1.54) is 5.56 Å². The largest absolute Gasteiger partial charge is 0.496 e. The molecule has 2 rings (SSSR count). The van der Waals surface area contributed by atoms with E-state index in [-0.39, 0.29) is 0 Å². The van der Waals surface area contributed by atoms with Gasteiger partial charge in [0.1, 0.15) is 5.75 Å². The minimum absolute atomic E-state index is 0.360. The number of nitrogens with one attached hydrogen (secondary N) is 2. The molecule has 0 saturated heterocycles. The van der Waals surface area contributed by atoms with Crippen LogP contribution in [0.2, 0.25) is 0 Å². The number of carbonyl (C=O) groups excluding carboxylic acids is 2. The molecule has 0 aliphatic carbocycles. The van der Waals surface area contributed by atoms with E-state index < -0.39 is 11.8 Å². The molecule has 2 N–H and O–H groups in total. The molecule has 2 aromatic carbocycles. The molecular formula is C20H24N2O3. The van der Waals surface area contributed by atoms with Gasteiger partial charge in [0.15, 0.2) is 0 Å². The number of amides is 2. The van der Waals surface area contributed by atoms with Crippen molar-refractivity contribution in [3.05, 3.63) is 59.7 Å². The van der Waals surface area contributed by atoms with Crippen molar-refractivity contribution in [2.45, 2.75) is 26.2 Å². The summed E-state index contributed by atoms with van der Waals surface area (Å²) in [7, 11) is 1.61.